The number of nitrogens with zero attached hydrogens (tertiary/aromatic N) is 3. The molecule has 0 atom stereocenters. The molecule has 1 fully saturated rings. The van der Waals surface area contributed by atoms with Crippen molar-refractivity contribution in [3.8, 4) is 0 Å². The number of amides is 2. The lowest BCUT2D eigenvalue weighted by molar-refractivity contribution is 0.0936. The summed E-state index contributed by atoms with van der Waals surface area (Å²) in [5.41, 5.74) is 0.989. The van der Waals surface area contributed by atoms with E-state index in [0.29, 0.717) is 32.5 Å². The smallest absolute Gasteiger partial charge is 0.317 e. The van der Waals surface area contributed by atoms with E-state index >= 15 is 0 Å². The number of pyridine rings is 1. The molecule has 0 aliphatic carbocycles. The first-order valence-corrected chi connectivity index (χ1v) is 6.90. The van der Waals surface area contributed by atoms with Crippen LogP contribution in [0.1, 0.15) is 18.4 Å². The van der Waals surface area contributed by atoms with Crippen LogP contribution in [0, 0.1) is 0 Å². The van der Waals surface area contributed by atoms with Gasteiger partial charge in [-0.25, -0.2) is 9.78 Å². The number of rotatable bonds is 3. The van der Waals surface area contributed by atoms with Crippen LogP contribution < -0.4 is 10.2 Å². The fourth-order valence-corrected chi connectivity index (χ4v) is 2.32. The number of hydrogen-bond donors (Lipinski definition) is 2. The van der Waals surface area contributed by atoms with E-state index in [1.54, 1.807) is 11.1 Å². The Bertz CT molecular complexity index is 456. The van der Waals surface area contributed by atoms with Crippen LogP contribution in [0.15, 0.2) is 18.3 Å². The highest BCUT2D eigenvalue weighted by Gasteiger charge is 2.21. The van der Waals surface area contributed by atoms with Gasteiger partial charge >= 0.3 is 6.03 Å². The number of anilines is 1. The fourth-order valence-electron chi connectivity index (χ4n) is 2.32. The zero-order valence-corrected chi connectivity index (χ0v) is 12.0. The third-order valence-electron chi connectivity index (χ3n) is 3.47. The summed E-state index contributed by atoms with van der Waals surface area (Å²) < 4.78 is 0. The van der Waals surface area contributed by atoms with Crippen LogP contribution in [0.3, 0.4) is 0 Å². The average molecular weight is 278 g/mol. The molecule has 1 aromatic heterocycles. The topological polar surface area (TPSA) is 68.7 Å². The first-order chi connectivity index (χ1) is 9.58. The van der Waals surface area contributed by atoms with Gasteiger partial charge in [0.05, 0.1) is 6.10 Å². The highest BCUT2D eigenvalue weighted by molar-refractivity contribution is 5.74. The van der Waals surface area contributed by atoms with Crippen molar-refractivity contribution in [1.29, 1.82) is 0 Å². The minimum absolute atomic E-state index is 0.0783. The van der Waals surface area contributed by atoms with Crippen LogP contribution >= 0.6 is 0 Å². The minimum atomic E-state index is -0.266. The molecule has 2 heterocycles. The molecule has 2 amide bonds. The summed E-state index contributed by atoms with van der Waals surface area (Å²) >= 11 is 0. The molecule has 0 aromatic carbocycles. The lowest BCUT2D eigenvalue weighted by atomic mass is 10.1. The predicted octanol–water partition coefficient (Wildman–Crippen LogP) is 0.814. The van der Waals surface area contributed by atoms with E-state index in [1.165, 1.54) is 0 Å². The van der Waals surface area contributed by atoms with Gasteiger partial charge in [0.15, 0.2) is 0 Å². The molecule has 6 heteroatoms. The van der Waals surface area contributed by atoms with Gasteiger partial charge in [-0.2, -0.15) is 0 Å². The quantitative estimate of drug-likeness (QED) is 0.858. The molecular weight excluding hydrogens is 256 g/mol. The molecule has 20 heavy (non-hydrogen) atoms. The standard InChI is InChI=1S/C14H22N4O2/c1-17(2)13-11(4-3-7-15-13)10-16-14(20)18-8-5-12(19)6-9-18/h3-4,7,12,19H,5-6,8-10H2,1-2H3,(H,16,20). The maximum atomic E-state index is 12.1. The normalized spacial score (nSPS) is 16.1. The van der Waals surface area contributed by atoms with Gasteiger partial charge in [0.1, 0.15) is 5.82 Å². The zero-order chi connectivity index (χ0) is 14.5. The number of aliphatic hydroxyl groups is 1. The van der Waals surface area contributed by atoms with Gasteiger partial charge in [-0.3, -0.25) is 0 Å². The van der Waals surface area contributed by atoms with Crippen molar-refractivity contribution in [3.05, 3.63) is 23.9 Å². The van der Waals surface area contributed by atoms with Gasteiger partial charge in [0.2, 0.25) is 0 Å². The summed E-state index contributed by atoms with van der Waals surface area (Å²) in [6.07, 6.45) is 2.79. The maximum Gasteiger partial charge on any atom is 0.317 e. The Morgan fingerprint density at radius 2 is 2.20 bits per heavy atom. The van der Waals surface area contributed by atoms with Gasteiger partial charge in [-0.1, -0.05) is 6.07 Å². The third-order valence-corrected chi connectivity index (χ3v) is 3.47. The van der Waals surface area contributed by atoms with Gasteiger partial charge in [-0.15, -0.1) is 0 Å². The molecule has 110 valence electrons. The van der Waals surface area contributed by atoms with Crippen LogP contribution in [0.5, 0.6) is 0 Å². The third kappa shape index (κ3) is 3.60. The molecule has 0 bridgehead atoms. The molecule has 0 unspecified atom stereocenters. The first kappa shape index (κ1) is 14.6. The number of hydrogen-bond acceptors (Lipinski definition) is 4. The number of aliphatic hydroxyl groups excluding tert-OH is 1. The van der Waals surface area contributed by atoms with Crippen LogP contribution in [-0.4, -0.2) is 54.3 Å². The molecule has 1 aliphatic heterocycles. The summed E-state index contributed by atoms with van der Waals surface area (Å²) in [7, 11) is 3.86. The Kier molecular flexibility index (Phi) is 4.79. The van der Waals surface area contributed by atoms with Gasteiger partial charge in [-0.05, 0) is 18.9 Å². The predicted molar refractivity (Wildman–Crippen MR) is 77.6 cm³/mol. The van der Waals surface area contributed by atoms with E-state index in [2.05, 4.69) is 10.3 Å². The Labute approximate surface area is 119 Å². The van der Waals surface area contributed by atoms with E-state index in [0.717, 1.165) is 11.4 Å². The number of aromatic nitrogens is 1. The van der Waals surface area contributed by atoms with Crippen molar-refractivity contribution < 1.29 is 9.90 Å². The first-order valence-electron chi connectivity index (χ1n) is 6.90. The van der Waals surface area contributed by atoms with Gasteiger partial charge in [0.25, 0.3) is 0 Å². The summed E-state index contributed by atoms with van der Waals surface area (Å²) in [4.78, 5) is 20.0. The van der Waals surface area contributed by atoms with Crippen molar-refractivity contribution in [2.45, 2.75) is 25.5 Å². The Balaban J connectivity index is 1.90. The highest BCUT2D eigenvalue weighted by Crippen LogP contribution is 2.14. The molecule has 0 radical (unpaired) electrons. The van der Waals surface area contributed by atoms with Gasteiger partial charge < -0.3 is 20.2 Å². The molecular formula is C14H22N4O2. The van der Waals surface area contributed by atoms with Gasteiger partial charge in [0, 0.05) is 45.5 Å². The second-order valence-corrected chi connectivity index (χ2v) is 5.26. The van der Waals surface area contributed by atoms with E-state index in [9.17, 15) is 9.90 Å². The molecule has 0 saturated carbocycles. The van der Waals surface area contributed by atoms with E-state index < -0.39 is 0 Å². The molecule has 2 rings (SSSR count). The van der Waals surface area contributed by atoms with Crippen molar-refractivity contribution in [2.24, 2.45) is 0 Å². The van der Waals surface area contributed by atoms with Crippen molar-refractivity contribution in [1.82, 2.24) is 15.2 Å². The van der Waals surface area contributed by atoms with Crippen molar-refractivity contribution in [3.63, 3.8) is 0 Å². The van der Waals surface area contributed by atoms with Crippen LogP contribution in [0.2, 0.25) is 0 Å². The monoisotopic (exact) mass is 278 g/mol. The second kappa shape index (κ2) is 6.56. The summed E-state index contributed by atoms with van der Waals surface area (Å²) in [6, 6.07) is 3.75. The molecule has 2 N–H and O–H groups in total. The van der Waals surface area contributed by atoms with Crippen molar-refractivity contribution in [2.75, 3.05) is 32.1 Å². The lowest BCUT2D eigenvalue weighted by Crippen LogP contribution is -2.45. The summed E-state index contributed by atoms with van der Waals surface area (Å²) in [6.45, 7) is 1.68. The lowest BCUT2D eigenvalue weighted by Gasteiger charge is -2.29. The Morgan fingerprint density at radius 3 is 2.85 bits per heavy atom. The van der Waals surface area contributed by atoms with E-state index in [4.69, 9.17) is 0 Å². The summed E-state index contributed by atoms with van der Waals surface area (Å²) in [5.74, 6) is 0.863. The number of urea groups is 1. The minimum Gasteiger partial charge on any atom is -0.393 e. The number of carbonyl (C=O) groups excluding carboxylic acids is 1. The summed E-state index contributed by atoms with van der Waals surface area (Å²) in [5, 5.41) is 12.4. The molecule has 1 saturated heterocycles. The number of nitrogens with one attached hydrogen (secondary N) is 1. The average Bonchev–Trinajstić information content (AvgIpc) is 2.45. The Morgan fingerprint density at radius 1 is 1.50 bits per heavy atom. The zero-order valence-electron chi connectivity index (χ0n) is 12.0. The maximum absolute atomic E-state index is 12.1. The second-order valence-electron chi connectivity index (χ2n) is 5.26. The highest BCUT2D eigenvalue weighted by atomic mass is 16.3. The largest absolute Gasteiger partial charge is 0.393 e. The van der Waals surface area contributed by atoms with Crippen LogP contribution in [-0.2, 0) is 6.54 Å². The van der Waals surface area contributed by atoms with Crippen LogP contribution in [0.25, 0.3) is 0 Å². The van der Waals surface area contributed by atoms with E-state index in [1.807, 2.05) is 31.1 Å². The molecule has 0 spiro atoms. The fraction of sp³-hybridized carbons (Fsp3) is 0.571. The van der Waals surface area contributed by atoms with E-state index in [-0.39, 0.29) is 12.1 Å². The Hall–Kier alpha value is -1.82. The number of likely N-dealkylation sites (tertiary alicyclic amines) is 1. The number of carbonyl (C=O) groups is 1. The van der Waals surface area contributed by atoms with Crippen molar-refractivity contribution >= 4 is 11.8 Å². The van der Waals surface area contributed by atoms with Crippen LogP contribution in [0.4, 0.5) is 10.6 Å². The number of piperidine rings is 1. The molecule has 1 aliphatic rings. The SMILES string of the molecule is CN(C)c1ncccc1CNC(=O)N1CCC(O)CC1. The molecule has 6 nitrogen and oxygen atoms in total. The molecule has 1 aromatic rings.